The topological polar surface area (TPSA) is 136 Å². The molecule has 2 unspecified atom stereocenters. The Hall–Kier alpha value is 0.300. The number of nitrogens with two attached hydrogens (primary N) is 1. The summed E-state index contributed by atoms with van der Waals surface area (Å²) in [4.78, 5) is 0. The molecule has 7 N–H and O–H groups in total. The fraction of sp³-hybridized carbons (Fsp3) is 1.00. The van der Waals surface area contributed by atoms with Gasteiger partial charge in [-0.25, -0.2) is 0 Å². The first kappa shape index (κ1) is 21.6. The monoisotopic (exact) mass is 323 g/mol. The van der Waals surface area contributed by atoms with Crippen molar-refractivity contribution in [3.63, 3.8) is 0 Å². The van der Waals surface area contributed by atoms with Crippen molar-refractivity contribution in [2.45, 2.75) is 17.7 Å². The number of aliphatic hydroxyl groups is 5. The van der Waals surface area contributed by atoms with Crippen molar-refractivity contribution in [2.24, 2.45) is 5.73 Å². The van der Waals surface area contributed by atoms with Crippen LogP contribution in [0.1, 0.15) is 0 Å². The van der Waals surface area contributed by atoms with Gasteiger partial charge in [0.15, 0.2) is 0 Å². The van der Waals surface area contributed by atoms with Crippen molar-refractivity contribution in [3.8, 4) is 0 Å². The molecule has 0 heterocycles. The minimum Gasteiger partial charge on any atom is -0.394 e. The Morgan fingerprint density at radius 3 is 1.37 bits per heavy atom. The van der Waals surface area contributed by atoms with E-state index in [1.807, 2.05) is 0 Å². The van der Waals surface area contributed by atoms with E-state index in [1.165, 1.54) is 0 Å². The van der Waals surface area contributed by atoms with Gasteiger partial charge in [0.2, 0.25) is 0 Å². The van der Waals surface area contributed by atoms with E-state index in [0.717, 1.165) is 0 Å². The third-order valence-electron chi connectivity index (χ3n) is 1.92. The number of hydrogen-bond donors (Lipinski definition) is 6. The molecule has 0 fully saturated rings. The van der Waals surface area contributed by atoms with Crippen molar-refractivity contribution >= 4 is 23.2 Å². The van der Waals surface area contributed by atoms with Gasteiger partial charge in [-0.3, -0.25) is 0 Å². The minimum atomic E-state index is -1.21. The summed E-state index contributed by atoms with van der Waals surface area (Å²) in [5.41, 5.74) is 3.94. The maximum absolute atomic E-state index is 8.87. The van der Waals surface area contributed by atoms with Crippen LogP contribution in [-0.2, 0) is 4.74 Å². The maximum Gasteiger partial charge on any atom is 0.0908 e. The number of halogens is 2. The van der Waals surface area contributed by atoms with Crippen LogP contribution in [0.5, 0.6) is 0 Å². The van der Waals surface area contributed by atoms with Crippen LogP contribution in [0.3, 0.4) is 0 Å². The van der Waals surface area contributed by atoms with Crippen molar-refractivity contribution in [3.05, 3.63) is 0 Å². The Balaban J connectivity index is 0. The van der Waals surface area contributed by atoms with E-state index in [9.17, 15) is 0 Å². The summed E-state index contributed by atoms with van der Waals surface area (Å²) in [6.07, 6.45) is -1.33. The number of ether oxygens (including phenoxy) is 1. The van der Waals surface area contributed by atoms with Gasteiger partial charge < -0.3 is 36.0 Å². The summed E-state index contributed by atoms with van der Waals surface area (Å²) in [5.74, 6) is 0.272. The average Bonchev–Trinajstić information content (AvgIpc) is 2.46. The van der Waals surface area contributed by atoms with Crippen LogP contribution in [0.15, 0.2) is 0 Å². The Bertz CT molecular complexity index is 179. The van der Waals surface area contributed by atoms with Crippen LogP contribution in [0.2, 0.25) is 0 Å². The van der Waals surface area contributed by atoms with Crippen molar-refractivity contribution in [1.82, 2.24) is 0 Å². The van der Waals surface area contributed by atoms with E-state index < -0.39 is 37.6 Å². The highest BCUT2D eigenvalue weighted by Gasteiger charge is 2.20. The minimum absolute atomic E-state index is 0.136. The zero-order chi connectivity index (χ0) is 15.3. The quantitative estimate of drug-likeness (QED) is 0.266. The molecule has 0 rings (SSSR count). The van der Waals surface area contributed by atoms with Gasteiger partial charge in [-0.15, -0.1) is 23.2 Å². The molecule has 0 spiro atoms. The zero-order valence-corrected chi connectivity index (χ0v) is 12.1. The largest absolute Gasteiger partial charge is 0.394 e. The molecule has 7 nitrogen and oxygen atoms in total. The third kappa shape index (κ3) is 13.1. The highest BCUT2D eigenvalue weighted by Crippen LogP contribution is 1.93. The molecule has 0 aliphatic heterocycles. The normalized spacial score (nSPS) is 14.5. The number of hydrogen-bond acceptors (Lipinski definition) is 7. The molecule has 0 aromatic rings. The first-order valence-corrected chi connectivity index (χ1v) is 6.63. The summed E-state index contributed by atoms with van der Waals surface area (Å²) < 4.78 is 4.87. The smallest absolute Gasteiger partial charge is 0.0908 e. The SMILES string of the molecule is NC(CO)(CO)CO.OC(CCl)COCC(O)CCl. The summed E-state index contributed by atoms with van der Waals surface area (Å²) in [7, 11) is 0. The van der Waals surface area contributed by atoms with Gasteiger partial charge in [0.05, 0.1) is 62.5 Å². The summed E-state index contributed by atoms with van der Waals surface area (Å²) in [5, 5.41) is 42.8. The summed E-state index contributed by atoms with van der Waals surface area (Å²) in [6, 6.07) is 0. The standard InChI is InChI=1S/C6H12Cl2O3.C4H11NO3/c7-1-5(9)3-11-4-6(10)2-8;5-4(1-6,2-7)3-8/h5-6,9-10H,1-4H2;6-8H,1-3,5H2. The van der Waals surface area contributed by atoms with Crippen molar-refractivity contribution in [2.75, 3.05) is 44.8 Å². The molecule has 19 heavy (non-hydrogen) atoms. The van der Waals surface area contributed by atoms with Gasteiger partial charge in [0, 0.05) is 0 Å². The lowest BCUT2D eigenvalue weighted by atomic mass is 10.1. The van der Waals surface area contributed by atoms with E-state index in [1.54, 1.807) is 0 Å². The number of aliphatic hydroxyl groups excluding tert-OH is 5. The van der Waals surface area contributed by atoms with Crippen LogP contribution in [0.4, 0.5) is 0 Å². The lowest BCUT2D eigenvalue weighted by Crippen LogP contribution is -2.50. The van der Waals surface area contributed by atoms with Gasteiger partial charge in [-0.05, 0) is 0 Å². The molecule has 0 saturated heterocycles. The van der Waals surface area contributed by atoms with Crippen LogP contribution >= 0.6 is 23.2 Å². The van der Waals surface area contributed by atoms with Crippen LogP contribution in [-0.4, -0.2) is 88.1 Å². The number of rotatable bonds is 9. The first-order chi connectivity index (χ1) is 8.88. The zero-order valence-electron chi connectivity index (χ0n) is 10.6. The molecule has 0 bridgehead atoms. The average molecular weight is 324 g/mol. The molecule has 0 aliphatic carbocycles. The van der Waals surface area contributed by atoms with E-state index in [4.69, 9.17) is 59.2 Å². The molecule has 0 radical (unpaired) electrons. The molecule has 0 aliphatic rings. The van der Waals surface area contributed by atoms with Crippen LogP contribution < -0.4 is 5.73 Å². The molecular weight excluding hydrogens is 301 g/mol. The summed E-state index contributed by atoms with van der Waals surface area (Å²) in [6.45, 7) is -0.936. The maximum atomic E-state index is 8.87. The second-order valence-electron chi connectivity index (χ2n) is 3.99. The van der Waals surface area contributed by atoms with E-state index in [-0.39, 0.29) is 25.0 Å². The molecule has 0 saturated carbocycles. The molecule has 0 amide bonds. The van der Waals surface area contributed by atoms with Crippen LogP contribution in [0.25, 0.3) is 0 Å². The lowest BCUT2D eigenvalue weighted by molar-refractivity contribution is 0.00593. The fourth-order valence-electron chi connectivity index (χ4n) is 0.579. The second-order valence-corrected chi connectivity index (χ2v) is 4.61. The van der Waals surface area contributed by atoms with Gasteiger partial charge in [0.1, 0.15) is 0 Å². The molecule has 0 aromatic heterocycles. The van der Waals surface area contributed by atoms with Gasteiger partial charge in [-0.1, -0.05) is 0 Å². The summed E-state index contributed by atoms with van der Waals surface area (Å²) >= 11 is 10.6. The molecule has 9 heteroatoms. The molecule has 2 atom stereocenters. The fourth-order valence-corrected chi connectivity index (χ4v) is 0.757. The number of alkyl halides is 2. The van der Waals surface area contributed by atoms with Crippen molar-refractivity contribution in [1.29, 1.82) is 0 Å². The Morgan fingerprint density at radius 1 is 0.895 bits per heavy atom. The van der Waals surface area contributed by atoms with Gasteiger partial charge in [-0.2, -0.15) is 0 Å². The first-order valence-electron chi connectivity index (χ1n) is 5.56. The van der Waals surface area contributed by atoms with Gasteiger partial charge >= 0.3 is 0 Å². The Kier molecular flexibility index (Phi) is 15.1. The second kappa shape index (κ2) is 13.3. The van der Waals surface area contributed by atoms with Gasteiger partial charge in [0.25, 0.3) is 0 Å². The molecule has 118 valence electrons. The van der Waals surface area contributed by atoms with E-state index in [0.29, 0.717) is 0 Å². The molecule has 0 aromatic carbocycles. The highest BCUT2D eigenvalue weighted by molar-refractivity contribution is 6.18. The highest BCUT2D eigenvalue weighted by atomic mass is 35.5. The van der Waals surface area contributed by atoms with E-state index in [2.05, 4.69) is 0 Å². The molecular formula is C10H23Cl2NO6. The lowest BCUT2D eigenvalue weighted by Gasteiger charge is -2.20. The van der Waals surface area contributed by atoms with Crippen molar-refractivity contribution < 1.29 is 30.3 Å². The van der Waals surface area contributed by atoms with E-state index >= 15 is 0 Å². The predicted octanol–water partition coefficient (Wildman–Crippen LogP) is -2.14. The predicted molar refractivity (Wildman–Crippen MR) is 72.4 cm³/mol. The Morgan fingerprint density at radius 2 is 1.21 bits per heavy atom. The van der Waals surface area contributed by atoms with Crippen LogP contribution in [0, 0.1) is 0 Å². The third-order valence-corrected chi connectivity index (χ3v) is 2.63. The Labute approximate surface area is 122 Å².